The lowest BCUT2D eigenvalue weighted by Gasteiger charge is -2.37. The average Bonchev–Trinajstić information content (AvgIpc) is 2.62. The topological polar surface area (TPSA) is 79.0 Å². The van der Waals surface area contributed by atoms with Gasteiger partial charge in [-0.15, -0.1) is 0 Å². The van der Waals surface area contributed by atoms with Gasteiger partial charge in [-0.1, -0.05) is 29.8 Å². The monoisotopic (exact) mass is 431 g/mol. The number of likely N-dealkylation sites (N-methyl/N-ethyl adjacent to an activating group) is 2. The second-order valence-electron chi connectivity index (χ2n) is 9.24. The van der Waals surface area contributed by atoms with Crippen LogP contribution in [0.5, 0.6) is 0 Å². The van der Waals surface area contributed by atoms with Crippen molar-refractivity contribution in [3.63, 3.8) is 0 Å². The van der Waals surface area contributed by atoms with Crippen molar-refractivity contribution < 1.29 is 19.1 Å². The summed E-state index contributed by atoms with van der Waals surface area (Å²) in [7, 11) is 1.59. The maximum absolute atomic E-state index is 13.4. The van der Waals surface area contributed by atoms with Gasteiger partial charge in [-0.25, -0.2) is 0 Å². The Morgan fingerprint density at radius 2 is 1.81 bits per heavy atom. The Morgan fingerprint density at radius 3 is 2.29 bits per heavy atom. The van der Waals surface area contributed by atoms with Crippen LogP contribution in [0.3, 0.4) is 0 Å². The number of nitrogens with one attached hydrogen (secondary N) is 1. The van der Waals surface area contributed by atoms with Gasteiger partial charge in [0.25, 0.3) is 0 Å². The molecule has 1 N–H and O–H groups in total. The number of hydrogen-bond acceptors (Lipinski definition) is 5. The third-order valence-corrected chi connectivity index (χ3v) is 5.40. The number of carbonyl (C=O) groups excluding carboxylic acids is 3. The van der Waals surface area contributed by atoms with Crippen molar-refractivity contribution in [3.05, 3.63) is 35.4 Å². The Morgan fingerprint density at radius 1 is 1.19 bits per heavy atom. The van der Waals surface area contributed by atoms with E-state index in [1.165, 1.54) is 10.5 Å². The van der Waals surface area contributed by atoms with Crippen molar-refractivity contribution in [2.24, 2.45) is 0 Å². The van der Waals surface area contributed by atoms with Gasteiger partial charge in [-0.2, -0.15) is 0 Å². The van der Waals surface area contributed by atoms with Crippen LogP contribution in [-0.2, 0) is 25.5 Å². The van der Waals surface area contributed by atoms with Crippen LogP contribution in [0.4, 0.5) is 0 Å². The molecule has 1 heterocycles. The number of ether oxygens (including phenoxy) is 1. The van der Waals surface area contributed by atoms with Crippen molar-refractivity contribution in [2.75, 3.05) is 26.7 Å². The SMILES string of the molecule is CCN(C(=O)[C@@H]1CCN1)[C@@H](CCc1ccc(C)cc1)C(=O)N(C)CC(=O)OC(C)(C)C. The number of amides is 2. The fourth-order valence-electron chi connectivity index (χ4n) is 3.60. The van der Waals surface area contributed by atoms with E-state index in [4.69, 9.17) is 4.74 Å². The molecule has 2 rings (SSSR count). The quantitative estimate of drug-likeness (QED) is 0.607. The van der Waals surface area contributed by atoms with Crippen LogP contribution in [0.15, 0.2) is 24.3 Å². The Labute approximate surface area is 186 Å². The number of aryl methyl sites for hydroxylation is 2. The van der Waals surface area contributed by atoms with Gasteiger partial charge in [0.1, 0.15) is 18.2 Å². The molecular formula is C24H37N3O4. The molecule has 2 atom stereocenters. The highest BCUT2D eigenvalue weighted by molar-refractivity contribution is 5.91. The smallest absolute Gasteiger partial charge is 0.326 e. The molecule has 0 saturated carbocycles. The minimum atomic E-state index is -0.631. The number of benzene rings is 1. The summed E-state index contributed by atoms with van der Waals surface area (Å²) in [6.45, 7) is 10.4. The molecule has 0 aromatic heterocycles. The number of rotatable bonds is 9. The van der Waals surface area contributed by atoms with Crippen LogP contribution >= 0.6 is 0 Å². The van der Waals surface area contributed by atoms with Crippen molar-refractivity contribution in [2.45, 2.75) is 71.6 Å². The molecule has 31 heavy (non-hydrogen) atoms. The second-order valence-corrected chi connectivity index (χ2v) is 9.24. The van der Waals surface area contributed by atoms with Crippen LogP contribution in [0, 0.1) is 6.92 Å². The second kappa shape index (κ2) is 10.8. The highest BCUT2D eigenvalue weighted by Gasteiger charge is 2.36. The normalized spacial score (nSPS) is 16.8. The van der Waals surface area contributed by atoms with E-state index >= 15 is 0 Å². The van der Waals surface area contributed by atoms with Gasteiger partial charge in [-0.3, -0.25) is 14.4 Å². The Balaban J connectivity index is 2.15. The summed E-state index contributed by atoms with van der Waals surface area (Å²) in [5.74, 6) is -0.759. The predicted molar refractivity (Wildman–Crippen MR) is 121 cm³/mol. The van der Waals surface area contributed by atoms with E-state index in [9.17, 15) is 14.4 Å². The van der Waals surface area contributed by atoms with E-state index in [0.29, 0.717) is 19.4 Å². The Bertz CT molecular complexity index is 766. The molecule has 1 aromatic rings. The van der Waals surface area contributed by atoms with E-state index in [0.717, 1.165) is 18.5 Å². The first-order valence-corrected chi connectivity index (χ1v) is 11.1. The van der Waals surface area contributed by atoms with E-state index < -0.39 is 17.6 Å². The minimum Gasteiger partial charge on any atom is -0.459 e. The number of hydrogen-bond donors (Lipinski definition) is 1. The van der Waals surface area contributed by atoms with Crippen molar-refractivity contribution >= 4 is 17.8 Å². The average molecular weight is 432 g/mol. The fourth-order valence-corrected chi connectivity index (χ4v) is 3.60. The lowest BCUT2D eigenvalue weighted by atomic mass is 9.99. The summed E-state index contributed by atoms with van der Waals surface area (Å²) in [6.07, 6.45) is 1.94. The molecule has 1 aromatic carbocycles. The van der Waals surface area contributed by atoms with Crippen LogP contribution in [-0.4, -0.2) is 72.0 Å². The molecule has 172 valence electrons. The zero-order valence-corrected chi connectivity index (χ0v) is 19.7. The van der Waals surface area contributed by atoms with Crippen LogP contribution < -0.4 is 5.32 Å². The van der Waals surface area contributed by atoms with Gasteiger partial charge in [-0.05, 0) is 66.0 Å². The van der Waals surface area contributed by atoms with E-state index in [-0.39, 0.29) is 24.4 Å². The highest BCUT2D eigenvalue weighted by Crippen LogP contribution is 2.17. The summed E-state index contributed by atoms with van der Waals surface area (Å²) in [4.78, 5) is 41.6. The lowest BCUT2D eigenvalue weighted by Crippen LogP contribution is -2.59. The van der Waals surface area contributed by atoms with Crippen molar-refractivity contribution in [3.8, 4) is 0 Å². The van der Waals surface area contributed by atoms with E-state index in [1.54, 1.807) is 32.7 Å². The van der Waals surface area contributed by atoms with Gasteiger partial charge < -0.3 is 19.9 Å². The lowest BCUT2D eigenvalue weighted by molar-refractivity contribution is -0.159. The molecule has 0 spiro atoms. The first-order chi connectivity index (χ1) is 14.5. The first-order valence-electron chi connectivity index (χ1n) is 11.1. The molecule has 1 saturated heterocycles. The molecule has 1 aliphatic rings. The third-order valence-electron chi connectivity index (χ3n) is 5.40. The number of carbonyl (C=O) groups is 3. The summed E-state index contributed by atoms with van der Waals surface area (Å²) >= 11 is 0. The Hall–Kier alpha value is -2.41. The number of nitrogens with zero attached hydrogens (tertiary/aromatic N) is 2. The predicted octanol–water partition coefficient (Wildman–Crippen LogP) is 2.31. The summed E-state index contributed by atoms with van der Waals surface area (Å²) < 4.78 is 5.35. The Kier molecular flexibility index (Phi) is 8.62. The molecule has 7 nitrogen and oxygen atoms in total. The van der Waals surface area contributed by atoms with Gasteiger partial charge in [0.05, 0.1) is 6.04 Å². The van der Waals surface area contributed by atoms with Crippen LogP contribution in [0.2, 0.25) is 0 Å². The molecule has 7 heteroatoms. The standard InChI is InChI=1S/C24H37N3O4/c1-7-27(22(29)19-14-15-25-19)20(13-12-18-10-8-17(2)9-11-18)23(30)26(6)16-21(28)31-24(3,4)5/h8-11,19-20,25H,7,12-16H2,1-6H3/t19-,20-/m0/s1. The van der Waals surface area contributed by atoms with Gasteiger partial charge in [0, 0.05) is 13.6 Å². The molecule has 0 unspecified atom stereocenters. The van der Waals surface area contributed by atoms with Gasteiger partial charge in [0.2, 0.25) is 11.8 Å². The van der Waals surface area contributed by atoms with E-state index in [2.05, 4.69) is 5.32 Å². The summed E-state index contributed by atoms with van der Waals surface area (Å²) in [6, 6.07) is 7.32. The van der Waals surface area contributed by atoms with Crippen molar-refractivity contribution in [1.29, 1.82) is 0 Å². The molecule has 2 amide bonds. The van der Waals surface area contributed by atoms with E-state index in [1.807, 2.05) is 38.1 Å². The third kappa shape index (κ3) is 7.35. The zero-order chi connectivity index (χ0) is 23.2. The highest BCUT2D eigenvalue weighted by atomic mass is 16.6. The van der Waals surface area contributed by atoms with Gasteiger partial charge >= 0.3 is 5.97 Å². The van der Waals surface area contributed by atoms with Crippen molar-refractivity contribution in [1.82, 2.24) is 15.1 Å². The molecule has 1 fully saturated rings. The zero-order valence-electron chi connectivity index (χ0n) is 19.7. The largest absolute Gasteiger partial charge is 0.459 e. The molecule has 0 radical (unpaired) electrons. The summed E-state index contributed by atoms with van der Waals surface area (Å²) in [5.41, 5.74) is 1.67. The number of esters is 1. The molecule has 1 aliphatic heterocycles. The fraction of sp³-hybridized carbons (Fsp3) is 0.625. The molecule has 0 aliphatic carbocycles. The van der Waals surface area contributed by atoms with Gasteiger partial charge in [0.15, 0.2) is 0 Å². The minimum absolute atomic E-state index is 0.0540. The molecular weight excluding hydrogens is 394 g/mol. The maximum atomic E-state index is 13.4. The van der Waals surface area contributed by atoms with Crippen LogP contribution in [0.1, 0.15) is 51.7 Å². The maximum Gasteiger partial charge on any atom is 0.326 e. The van der Waals surface area contributed by atoms with Crippen LogP contribution in [0.25, 0.3) is 0 Å². The molecule has 0 bridgehead atoms. The summed E-state index contributed by atoms with van der Waals surface area (Å²) in [5, 5.41) is 3.13. The first kappa shape index (κ1) is 24.9.